The number of halogens is 1. The number of nitrogens with one attached hydrogen (secondary N) is 1. The fourth-order valence-electron chi connectivity index (χ4n) is 3.02. The fraction of sp³-hybridized carbons (Fsp3) is 0.357. The summed E-state index contributed by atoms with van der Waals surface area (Å²) in [7, 11) is 0. The molecule has 108 valence electrons. The maximum atomic E-state index is 13.3. The maximum Gasteiger partial charge on any atom is 0.141 e. The molecule has 0 spiro atoms. The molecule has 0 aliphatic heterocycles. The Morgan fingerprint density at radius 3 is 3.05 bits per heavy atom. The first-order valence-electron chi connectivity index (χ1n) is 6.90. The Kier molecular flexibility index (Phi) is 2.58. The van der Waals surface area contributed by atoms with Gasteiger partial charge in [0.05, 0.1) is 17.4 Å². The SMILES string of the molecule is NCC1(n2cc(-c3ncnc4[nH]ccc34)cn2)CC(F)C1. The van der Waals surface area contributed by atoms with E-state index in [1.807, 2.05) is 18.5 Å². The molecule has 0 aromatic carbocycles. The third-order valence-corrected chi connectivity index (χ3v) is 4.28. The third kappa shape index (κ3) is 1.77. The molecule has 0 amide bonds. The van der Waals surface area contributed by atoms with Crippen molar-refractivity contribution in [2.45, 2.75) is 24.6 Å². The number of rotatable bonds is 3. The summed E-state index contributed by atoms with van der Waals surface area (Å²) in [5.41, 5.74) is 7.93. The van der Waals surface area contributed by atoms with Gasteiger partial charge in [-0.3, -0.25) is 4.68 Å². The average Bonchev–Trinajstić information content (AvgIpc) is 3.12. The third-order valence-electron chi connectivity index (χ3n) is 4.28. The van der Waals surface area contributed by atoms with Gasteiger partial charge in [0, 0.05) is 42.7 Å². The Morgan fingerprint density at radius 2 is 2.29 bits per heavy atom. The summed E-state index contributed by atoms with van der Waals surface area (Å²) >= 11 is 0. The Balaban J connectivity index is 1.76. The summed E-state index contributed by atoms with van der Waals surface area (Å²) in [6, 6.07) is 1.93. The van der Waals surface area contributed by atoms with E-state index in [-0.39, 0.29) is 5.54 Å². The van der Waals surface area contributed by atoms with Crippen molar-refractivity contribution < 1.29 is 4.39 Å². The molecule has 0 radical (unpaired) electrons. The zero-order valence-electron chi connectivity index (χ0n) is 11.3. The number of aromatic nitrogens is 5. The van der Waals surface area contributed by atoms with Crippen molar-refractivity contribution in [1.82, 2.24) is 24.7 Å². The Labute approximate surface area is 120 Å². The van der Waals surface area contributed by atoms with Gasteiger partial charge in [0.25, 0.3) is 0 Å². The molecule has 4 rings (SSSR count). The predicted molar refractivity (Wildman–Crippen MR) is 76.3 cm³/mol. The minimum atomic E-state index is -0.781. The predicted octanol–water partition coefficient (Wildman–Crippen LogP) is 1.61. The molecule has 1 saturated carbocycles. The van der Waals surface area contributed by atoms with Crippen LogP contribution in [0, 0.1) is 0 Å². The topological polar surface area (TPSA) is 85.4 Å². The number of nitrogens with two attached hydrogens (primary N) is 1. The Hall–Kier alpha value is -2.28. The second kappa shape index (κ2) is 4.36. The van der Waals surface area contributed by atoms with Gasteiger partial charge in [-0.1, -0.05) is 0 Å². The van der Waals surface area contributed by atoms with Gasteiger partial charge in [0.15, 0.2) is 0 Å². The number of hydrogen-bond donors (Lipinski definition) is 2. The molecule has 0 bridgehead atoms. The molecule has 7 heteroatoms. The second-order valence-electron chi connectivity index (χ2n) is 5.57. The number of H-pyrrole nitrogens is 1. The van der Waals surface area contributed by atoms with Gasteiger partial charge in [-0.15, -0.1) is 0 Å². The van der Waals surface area contributed by atoms with Crippen LogP contribution in [0.15, 0.2) is 31.0 Å². The highest BCUT2D eigenvalue weighted by atomic mass is 19.1. The van der Waals surface area contributed by atoms with E-state index >= 15 is 0 Å². The van der Waals surface area contributed by atoms with Crippen LogP contribution in [0.25, 0.3) is 22.3 Å². The van der Waals surface area contributed by atoms with E-state index in [9.17, 15) is 4.39 Å². The largest absolute Gasteiger partial charge is 0.346 e. The maximum absolute atomic E-state index is 13.3. The normalized spacial score (nSPS) is 25.1. The van der Waals surface area contributed by atoms with Crippen LogP contribution in [0.2, 0.25) is 0 Å². The zero-order chi connectivity index (χ0) is 14.4. The van der Waals surface area contributed by atoms with Gasteiger partial charge >= 0.3 is 0 Å². The van der Waals surface area contributed by atoms with Crippen LogP contribution < -0.4 is 5.73 Å². The summed E-state index contributed by atoms with van der Waals surface area (Å²) in [6.45, 7) is 0.387. The molecule has 3 aromatic rings. The minimum Gasteiger partial charge on any atom is -0.346 e. The van der Waals surface area contributed by atoms with E-state index in [0.29, 0.717) is 19.4 Å². The van der Waals surface area contributed by atoms with Crippen LogP contribution in [-0.4, -0.2) is 37.4 Å². The molecule has 1 aliphatic rings. The summed E-state index contributed by atoms with van der Waals surface area (Å²) in [4.78, 5) is 11.6. The van der Waals surface area contributed by atoms with Gasteiger partial charge in [-0.25, -0.2) is 14.4 Å². The molecular formula is C14H15FN6. The first-order valence-corrected chi connectivity index (χ1v) is 6.90. The van der Waals surface area contributed by atoms with Crippen molar-refractivity contribution in [2.75, 3.05) is 6.54 Å². The number of hydrogen-bond acceptors (Lipinski definition) is 4. The lowest BCUT2D eigenvalue weighted by molar-refractivity contribution is 0.0329. The van der Waals surface area contributed by atoms with Crippen molar-refractivity contribution in [3.8, 4) is 11.3 Å². The lowest BCUT2D eigenvalue weighted by Gasteiger charge is -2.43. The van der Waals surface area contributed by atoms with Crippen molar-refractivity contribution >= 4 is 11.0 Å². The monoisotopic (exact) mass is 286 g/mol. The number of alkyl halides is 1. The lowest BCUT2D eigenvalue weighted by Crippen LogP contribution is -2.53. The summed E-state index contributed by atoms with van der Waals surface area (Å²) in [5, 5.41) is 5.32. The quantitative estimate of drug-likeness (QED) is 0.766. The first-order chi connectivity index (χ1) is 10.2. The number of fused-ring (bicyclic) bond motifs is 1. The van der Waals surface area contributed by atoms with Gasteiger partial charge in [0.1, 0.15) is 18.1 Å². The van der Waals surface area contributed by atoms with E-state index < -0.39 is 6.17 Å². The minimum absolute atomic E-state index is 0.387. The summed E-state index contributed by atoms with van der Waals surface area (Å²) < 4.78 is 15.1. The number of aromatic amines is 1. The van der Waals surface area contributed by atoms with E-state index in [1.165, 1.54) is 6.33 Å². The highest BCUT2D eigenvalue weighted by Gasteiger charge is 2.46. The van der Waals surface area contributed by atoms with Crippen molar-refractivity contribution in [3.63, 3.8) is 0 Å². The van der Waals surface area contributed by atoms with Gasteiger partial charge in [0.2, 0.25) is 0 Å². The molecule has 1 aliphatic carbocycles. The summed E-state index contributed by atoms with van der Waals surface area (Å²) in [6.07, 6.45) is 7.06. The van der Waals surface area contributed by atoms with E-state index in [0.717, 1.165) is 22.3 Å². The zero-order valence-corrected chi connectivity index (χ0v) is 11.3. The average molecular weight is 286 g/mol. The van der Waals surface area contributed by atoms with Crippen LogP contribution in [0.5, 0.6) is 0 Å². The molecule has 3 N–H and O–H groups in total. The molecule has 0 saturated heterocycles. The molecular weight excluding hydrogens is 271 g/mol. The smallest absolute Gasteiger partial charge is 0.141 e. The molecule has 3 heterocycles. The molecule has 21 heavy (non-hydrogen) atoms. The highest BCUT2D eigenvalue weighted by Crippen LogP contribution is 2.40. The van der Waals surface area contributed by atoms with E-state index in [2.05, 4.69) is 20.1 Å². The van der Waals surface area contributed by atoms with Crippen molar-refractivity contribution in [3.05, 3.63) is 31.0 Å². The fourth-order valence-corrected chi connectivity index (χ4v) is 3.02. The van der Waals surface area contributed by atoms with Crippen LogP contribution in [0.3, 0.4) is 0 Å². The van der Waals surface area contributed by atoms with Gasteiger partial charge in [-0.05, 0) is 6.07 Å². The molecule has 1 fully saturated rings. The summed E-state index contributed by atoms with van der Waals surface area (Å²) in [5.74, 6) is 0. The van der Waals surface area contributed by atoms with Crippen LogP contribution in [0.4, 0.5) is 4.39 Å². The molecule has 3 aromatic heterocycles. The Morgan fingerprint density at radius 1 is 1.43 bits per heavy atom. The second-order valence-corrected chi connectivity index (χ2v) is 5.57. The van der Waals surface area contributed by atoms with E-state index in [4.69, 9.17) is 5.73 Å². The van der Waals surface area contributed by atoms with Crippen LogP contribution in [0.1, 0.15) is 12.8 Å². The molecule has 6 nitrogen and oxygen atoms in total. The molecule has 0 unspecified atom stereocenters. The molecule has 0 atom stereocenters. The standard InChI is InChI=1S/C14H15FN6/c15-10-3-14(4-10,7-16)21-6-9(5-20-21)12-11-1-2-17-13(11)19-8-18-12/h1-2,5-6,8,10H,3-4,7,16H2,(H,17,18,19). The first kappa shape index (κ1) is 12.5. The highest BCUT2D eigenvalue weighted by molar-refractivity contribution is 5.89. The Bertz CT molecular complexity index is 785. The van der Waals surface area contributed by atoms with Crippen LogP contribution in [-0.2, 0) is 5.54 Å². The van der Waals surface area contributed by atoms with Crippen LogP contribution >= 0.6 is 0 Å². The lowest BCUT2D eigenvalue weighted by atomic mass is 9.75. The van der Waals surface area contributed by atoms with Gasteiger partial charge < -0.3 is 10.7 Å². The van der Waals surface area contributed by atoms with Gasteiger partial charge in [-0.2, -0.15) is 5.10 Å². The van der Waals surface area contributed by atoms with Crippen molar-refractivity contribution in [2.24, 2.45) is 5.73 Å². The van der Waals surface area contributed by atoms with Crippen molar-refractivity contribution in [1.29, 1.82) is 0 Å². The van der Waals surface area contributed by atoms with E-state index in [1.54, 1.807) is 10.9 Å². The number of nitrogens with zero attached hydrogens (tertiary/aromatic N) is 4.